The average molecular weight is 481 g/mol. The molecule has 2 fully saturated rings. The van der Waals surface area contributed by atoms with Crippen LogP contribution in [0.5, 0.6) is 0 Å². The van der Waals surface area contributed by atoms with Crippen molar-refractivity contribution in [1.29, 1.82) is 0 Å². The summed E-state index contributed by atoms with van der Waals surface area (Å²) in [6.07, 6.45) is 23.6. The SMILES string of the molecule is C.CC.CC.CCCC1(C)CCCCC(C)C(CC(C)CC(C)CC2CCCCC2)CCC1C. The third-order valence-electron chi connectivity index (χ3n) is 9.41. The van der Waals surface area contributed by atoms with Crippen LogP contribution in [0.15, 0.2) is 0 Å². The molecule has 0 saturated heterocycles. The molecule has 0 amide bonds. The molecule has 0 heterocycles. The summed E-state index contributed by atoms with van der Waals surface area (Å²) in [6.45, 7) is 23.3. The second-order valence-electron chi connectivity index (χ2n) is 12.3. The fourth-order valence-corrected chi connectivity index (χ4v) is 7.26. The minimum atomic E-state index is 0. The predicted octanol–water partition coefficient (Wildman–Crippen LogP) is 12.7. The van der Waals surface area contributed by atoms with Gasteiger partial charge in [-0.05, 0) is 85.9 Å². The average Bonchev–Trinajstić information content (AvgIpc) is 2.82. The Morgan fingerprint density at radius 3 is 1.88 bits per heavy atom. The van der Waals surface area contributed by atoms with Gasteiger partial charge in [-0.3, -0.25) is 0 Å². The lowest BCUT2D eigenvalue weighted by atomic mass is 9.66. The molecular formula is C34H72. The Morgan fingerprint density at radius 1 is 0.735 bits per heavy atom. The molecule has 208 valence electrons. The van der Waals surface area contributed by atoms with Gasteiger partial charge in [0.15, 0.2) is 0 Å². The second kappa shape index (κ2) is 21.1. The summed E-state index contributed by atoms with van der Waals surface area (Å²) in [5.41, 5.74) is 0.597. The van der Waals surface area contributed by atoms with Crippen LogP contribution in [0.1, 0.15) is 179 Å². The molecule has 0 bridgehead atoms. The Hall–Kier alpha value is 0. The van der Waals surface area contributed by atoms with Gasteiger partial charge in [-0.1, -0.05) is 134 Å². The summed E-state index contributed by atoms with van der Waals surface area (Å²) in [4.78, 5) is 0. The second-order valence-corrected chi connectivity index (χ2v) is 12.3. The Balaban J connectivity index is 0. The molecule has 0 aromatic rings. The van der Waals surface area contributed by atoms with Crippen molar-refractivity contribution in [2.24, 2.45) is 40.9 Å². The third kappa shape index (κ3) is 13.9. The first-order chi connectivity index (χ1) is 15.8. The molecule has 2 aliphatic carbocycles. The van der Waals surface area contributed by atoms with Crippen molar-refractivity contribution in [3.8, 4) is 0 Å². The van der Waals surface area contributed by atoms with Gasteiger partial charge < -0.3 is 0 Å². The number of rotatable bonds is 8. The maximum atomic E-state index is 2.61. The quantitative estimate of drug-likeness (QED) is 0.324. The fraction of sp³-hybridized carbons (Fsp3) is 1.00. The maximum absolute atomic E-state index is 2.61. The summed E-state index contributed by atoms with van der Waals surface area (Å²) in [5.74, 6) is 5.72. The lowest BCUT2D eigenvalue weighted by Gasteiger charge is -2.39. The molecule has 6 atom stereocenters. The summed E-state index contributed by atoms with van der Waals surface area (Å²) in [5, 5.41) is 0. The Labute approximate surface area is 220 Å². The highest BCUT2D eigenvalue weighted by molar-refractivity contribution is 4.83. The smallest absolute Gasteiger partial charge is 0.0300 e. The van der Waals surface area contributed by atoms with Gasteiger partial charge in [0.2, 0.25) is 0 Å². The van der Waals surface area contributed by atoms with Crippen LogP contribution in [0.25, 0.3) is 0 Å². The van der Waals surface area contributed by atoms with Gasteiger partial charge in [0.25, 0.3) is 0 Å². The van der Waals surface area contributed by atoms with Crippen LogP contribution in [0, 0.1) is 40.9 Å². The Morgan fingerprint density at radius 2 is 1.29 bits per heavy atom. The van der Waals surface area contributed by atoms with Crippen LogP contribution >= 0.6 is 0 Å². The van der Waals surface area contributed by atoms with Gasteiger partial charge in [-0.2, -0.15) is 0 Å². The third-order valence-corrected chi connectivity index (χ3v) is 9.41. The van der Waals surface area contributed by atoms with Crippen molar-refractivity contribution in [3.63, 3.8) is 0 Å². The van der Waals surface area contributed by atoms with E-state index in [2.05, 4.69) is 41.5 Å². The van der Waals surface area contributed by atoms with Crippen LogP contribution in [0.2, 0.25) is 0 Å². The summed E-state index contributed by atoms with van der Waals surface area (Å²) in [6, 6.07) is 0. The predicted molar refractivity (Wildman–Crippen MR) is 161 cm³/mol. The first-order valence-electron chi connectivity index (χ1n) is 15.8. The molecule has 0 aliphatic heterocycles. The summed E-state index contributed by atoms with van der Waals surface area (Å²) < 4.78 is 0. The van der Waals surface area contributed by atoms with E-state index in [-0.39, 0.29) is 7.43 Å². The van der Waals surface area contributed by atoms with Crippen molar-refractivity contribution in [2.45, 2.75) is 179 Å². The zero-order valence-corrected chi connectivity index (χ0v) is 25.3. The Kier molecular flexibility index (Phi) is 22.5. The molecule has 2 saturated carbocycles. The molecule has 0 spiro atoms. The molecule has 0 heteroatoms. The molecule has 0 aromatic heterocycles. The largest absolute Gasteiger partial charge is 0.0776 e. The normalized spacial score (nSPS) is 30.4. The van der Waals surface area contributed by atoms with E-state index >= 15 is 0 Å². The van der Waals surface area contributed by atoms with Crippen LogP contribution in [-0.4, -0.2) is 0 Å². The van der Waals surface area contributed by atoms with E-state index in [1.165, 1.54) is 103 Å². The highest BCUT2D eigenvalue weighted by Gasteiger charge is 2.32. The van der Waals surface area contributed by atoms with Gasteiger partial charge in [0.1, 0.15) is 0 Å². The van der Waals surface area contributed by atoms with Crippen molar-refractivity contribution in [1.82, 2.24) is 0 Å². The van der Waals surface area contributed by atoms with E-state index in [0.29, 0.717) is 5.41 Å². The van der Waals surface area contributed by atoms with Crippen LogP contribution in [-0.2, 0) is 0 Å². The van der Waals surface area contributed by atoms with Gasteiger partial charge in [0.05, 0.1) is 0 Å². The molecule has 0 N–H and O–H groups in total. The minimum absolute atomic E-state index is 0. The monoisotopic (exact) mass is 481 g/mol. The Bertz CT molecular complexity index is 420. The standard InChI is InChI=1S/C29H56.2C2H6.CH4/c1-7-18-29(6)19-12-11-13-25(4)28(17-16-26(29)5)22-24(3)20-23(2)21-27-14-9-8-10-15-27;2*1-2;/h23-28H,7-22H2,1-6H3;2*1-2H3;1H4. The lowest BCUT2D eigenvalue weighted by Crippen LogP contribution is -2.28. The molecule has 34 heavy (non-hydrogen) atoms. The number of hydrogen-bond acceptors (Lipinski definition) is 0. The first kappa shape index (κ1) is 36.2. The van der Waals surface area contributed by atoms with E-state index in [1.54, 1.807) is 0 Å². The van der Waals surface area contributed by atoms with Crippen molar-refractivity contribution in [2.75, 3.05) is 0 Å². The van der Waals surface area contributed by atoms with Crippen molar-refractivity contribution < 1.29 is 0 Å². The van der Waals surface area contributed by atoms with Gasteiger partial charge in [-0.25, -0.2) is 0 Å². The van der Waals surface area contributed by atoms with Crippen LogP contribution in [0.4, 0.5) is 0 Å². The molecule has 6 unspecified atom stereocenters. The van der Waals surface area contributed by atoms with E-state index < -0.39 is 0 Å². The van der Waals surface area contributed by atoms with Gasteiger partial charge in [0, 0.05) is 0 Å². The highest BCUT2D eigenvalue weighted by Crippen LogP contribution is 2.44. The first-order valence-corrected chi connectivity index (χ1v) is 15.8. The summed E-state index contributed by atoms with van der Waals surface area (Å²) in [7, 11) is 0. The minimum Gasteiger partial charge on any atom is -0.0776 e. The molecule has 2 rings (SSSR count). The lowest BCUT2D eigenvalue weighted by molar-refractivity contribution is 0.120. The number of hydrogen-bond donors (Lipinski definition) is 0. The summed E-state index contributed by atoms with van der Waals surface area (Å²) >= 11 is 0. The van der Waals surface area contributed by atoms with Crippen molar-refractivity contribution in [3.05, 3.63) is 0 Å². The van der Waals surface area contributed by atoms with Crippen LogP contribution < -0.4 is 0 Å². The molecular weight excluding hydrogens is 408 g/mol. The fourth-order valence-electron chi connectivity index (χ4n) is 7.26. The maximum Gasteiger partial charge on any atom is -0.0300 e. The van der Waals surface area contributed by atoms with Gasteiger partial charge in [-0.15, -0.1) is 0 Å². The van der Waals surface area contributed by atoms with E-state index in [1.807, 2.05) is 27.7 Å². The van der Waals surface area contributed by atoms with Crippen molar-refractivity contribution >= 4 is 0 Å². The molecule has 0 aromatic carbocycles. The zero-order valence-electron chi connectivity index (χ0n) is 25.3. The molecule has 0 nitrogen and oxygen atoms in total. The van der Waals surface area contributed by atoms with Crippen LogP contribution in [0.3, 0.4) is 0 Å². The zero-order chi connectivity index (χ0) is 25.3. The topological polar surface area (TPSA) is 0 Å². The van der Waals surface area contributed by atoms with Gasteiger partial charge >= 0.3 is 0 Å². The van der Waals surface area contributed by atoms with E-state index in [9.17, 15) is 0 Å². The highest BCUT2D eigenvalue weighted by atomic mass is 14.4. The molecule has 0 radical (unpaired) electrons. The van der Waals surface area contributed by atoms with E-state index in [4.69, 9.17) is 0 Å². The molecule has 2 aliphatic rings. The van der Waals surface area contributed by atoms with E-state index in [0.717, 1.165) is 35.5 Å².